The molecule has 0 saturated heterocycles. The highest BCUT2D eigenvalue weighted by Crippen LogP contribution is 2.17. The molecule has 0 amide bonds. The van der Waals surface area contributed by atoms with Gasteiger partial charge < -0.3 is 5.11 Å². The third-order valence-electron chi connectivity index (χ3n) is 1.47. The van der Waals surface area contributed by atoms with Gasteiger partial charge in [0.25, 0.3) is 0 Å². The van der Waals surface area contributed by atoms with Crippen molar-refractivity contribution in [3.63, 3.8) is 0 Å². The number of hydrogen-bond acceptors (Lipinski definition) is 1. The average Bonchev–Trinajstić information content (AvgIpc) is 1.93. The quantitative estimate of drug-likeness (QED) is 0.802. The number of aliphatic hydroxyl groups is 1. The van der Waals surface area contributed by atoms with Crippen molar-refractivity contribution in [1.82, 2.24) is 0 Å². The molecule has 0 radical (unpaired) electrons. The van der Waals surface area contributed by atoms with E-state index in [2.05, 4.69) is 15.9 Å². The molecular weight excluding hydrogens is 204 g/mol. The van der Waals surface area contributed by atoms with Crippen LogP contribution in [0.25, 0.3) is 0 Å². The largest absolute Gasteiger partial charge is 0.393 e. The molecule has 1 aromatic rings. The summed E-state index contributed by atoms with van der Waals surface area (Å²) < 4.78 is 1.07. The Balaban J connectivity index is 2.78. The van der Waals surface area contributed by atoms with Crippen LogP contribution in [0.3, 0.4) is 0 Å². The summed E-state index contributed by atoms with van der Waals surface area (Å²) in [5.74, 6) is 0. The first kappa shape index (κ1) is 8.75. The molecule has 1 aromatic carbocycles. The highest BCUT2D eigenvalue weighted by atomic mass is 79.9. The van der Waals surface area contributed by atoms with Crippen LogP contribution < -0.4 is 0 Å². The Kier molecular flexibility index (Phi) is 3.09. The van der Waals surface area contributed by atoms with Crippen LogP contribution in [0.5, 0.6) is 0 Å². The van der Waals surface area contributed by atoms with Gasteiger partial charge in [-0.05, 0) is 25.0 Å². The van der Waals surface area contributed by atoms with E-state index in [0.717, 1.165) is 10.0 Å². The molecule has 0 aromatic heterocycles. The minimum Gasteiger partial charge on any atom is -0.393 e. The van der Waals surface area contributed by atoms with Crippen molar-refractivity contribution in [2.45, 2.75) is 19.4 Å². The zero-order chi connectivity index (χ0) is 8.27. The van der Waals surface area contributed by atoms with Gasteiger partial charge in [0.2, 0.25) is 0 Å². The average molecular weight is 215 g/mol. The SMILES string of the molecule is C[C@@H](O)Cc1ccccc1Br. The molecular formula is C9H11BrO. The second-order valence-electron chi connectivity index (χ2n) is 2.64. The van der Waals surface area contributed by atoms with E-state index in [9.17, 15) is 0 Å². The van der Waals surface area contributed by atoms with Gasteiger partial charge in [0.1, 0.15) is 0 Å². The Labute approximate surface area is 75.2 Å². The second kappa shape index (κ2) is 3.88. The lowest BCUT2D eigenvalue weighted by Crippen LogP contribution is -2.04. The van der Waals surface area contributed by atoms with Crippen LogP contribution in [0.1, 0.15) is 12.5 Å². The summed E-state index contributed by atoms with van der Waals surface area (Å²) in [6, 6.07) is 7.94. The molecule has 0 unspecified atom stereocenters. The minimum absolute atomic E-state index is 0.270. The van der Waals surface area contributed by atoms with Crippen LogP contribution in [0, 0.1) is 0 Å². The second-order valence-corrected chi connectivity index (χ2v) is 3.50. The molecule has 1 atom stereocenters. The topological polar surface area (TPSA) is 20.2 Å². The first-order valence-electron chi connectivity index (χ1n) is 3.61. The summed E-state index contributed by atoms with van der Waals surface area (Å²) in [5, 5.41) is 9.11. The lowest BCUT2D eigenvalue weighted by atomic mass is 10.1. The maximum atomic E-state index is 9.11. The van der Waals surface area contributed by atoms with Crippen LogP contribution in [0.15, 0.2) is 28.7 Å². The molecule has 2 heteroatoms. The fraction of sp³-hybridized carbons (Fsp3) is 0.333. The monoisotopic (exact) mass is 214 g/mol. The summed E-state index contributed by atoms with van der Waals surface area (Å²) in [5.41, 5.74) is 1.16. The normalized spacial score (nSPS) is 13.0. The lowest BCUT2D eigenvalue weighted by molar-refractivity contribution is 0.195. The summed E-state index contributed by atoms with van der Waals surface area (Å²) >= 11 is 3.41. The van der Waals surface area contributed by atoms with E-state index in [4.69, 9.17) is 5.11 Å². The van der Waals surface area contributed by atoms with E-state index in [0.29, 0.717) is 6.42 Å². The summed E-state index contributed by atoms with van der Waals surface area (Å²) in [4.78, 5) is 0. The Hall–Kier alpha value is -0.340. The first-order valence-corrected chi connectivity index (χ1v) is 4.41. The van der Waals surface area contributed by atoms with Crippen LogP contribution in [-0.2, 0) is 6.42 Å². The molecule has 0 aliphatic rings. The van der Waals surface area contributed by atoms with E-state index < -0.39 is 0 Å². The third-order valence-corrected chi connectivity index (χ3v) is 2.25. The summed E-state index contributed by atoms with van der Waals surface area (Å²) in [6.45, 7) is 1.79. The van der Waals surface area contributed by atoms with E-state index in [1.165, 1.54) is 0 Å². The van der Waals surface area contributed by atoms with Crippen molar-refractivity contribution >= 4 is 15.9 Å². The molecule has 0 bridgehead atoms. The third kappa shape index (κ3) is 2.64. The predicted octanol–water partition coefficient (Wildman–Crippen LogP) is 2.37. The van der Waals surface area contributed by atoms with Gasteiger partial charge >= 0.3 is 0 Å². The van der Waals surface area contributed by atoms with Gasteiger partial charge in [0.05, 0.1) is 6.10 Å². The van der Waals surface area contributed by atoms with Gasteiger partial charge in [0, 0.05) is 4.47 Å². The van der Waals surface area contributed by atoms with Crippen molar-refractivity contribution in [2.24, 2.45) is 0 Å². The van der Waals surface area contributed by atoms with Crippen molar-refractivity contribution in [3.05, 3.63) is 34.3 Å². The van der Waals surface area contributed by atoms with Gasteiger partial charge in [-0.2, -0.15) is 0 Å². The van der Waals surface area contributed by atoms with E-state index >= 15 is 0 Å². The number of benzene rings is 1. The number of hydrogen-bond donors (Lipinski definition) is 1. The highest BCUT2D eigenvalue weighted by Gasteiger charge is 2.01. The zero-order valence-electron chi connectivity index (χ0n) is 6.42. The molecule has 0 heterocycles. The summed E-state index contributed by atoms with van der Waals surface area (Å²) in [7, 11) is 0. The van der Waals surface area contributed by atoms with Crippen molar-refractivity contribution in [1.29, 1.82) is 0 Å². The fourth-order valence-electron chi connectivity index (χ4n) is 0.982. The maximum absolute atomic E-state index is 9.11. The number of halogens is 1. The van der Waals surface area contributed by atoms with Crippen LogP contribution in [0.4, 0.5) is 0 Å². The van der Waals surface area contributed by atoms with E-state index in [1.54, 1.807) is 6.92 Å². The minimum atomic E-state index is -0.270. The van der Waals surface area contributed by atoms with Gasteiger partial charge in [-0.1, -0.05) is 34.1 Å². The lowest BCUT2D eigenvalue weighted by Gasteiger charge is -2.05. The molecule has 0 aliphatic heterocycles. The van der Waals surface area contributed by atoms with Crippen molar-refractivity contribution in [3.8, 4) is 0 Å². The van der Waals surface area contributed by atoms with Crippen LogP contribution in [0.2, 0.25) is 0 Å². The number of rotatable bonds is 2. The van der Waals surface area contributed by atoms with Crippen LogP contribution >= 0.6 is 15.9 Å². The number of aliphatic hydroxyl groups excluding tert-OH is 1. The Morgan fingerprint density at radius 1 is 1.45 bits per heavy atom. The van der Waals surface area contributed by atoms with Gasteiger partial charge in [0.15, 0.2) is 0 Å². The predicted molar refractivity (Wildman–Crippen MR) is 49.5 cm³/mol. The Morgan fingerprint density at radius 2 is 2.09 bits per heavy atom. The maximum Gasteiger partial charge on any atom is 0.0552 e. The smallest absolute Gasteiger partial charge is 0.0552 e. The van der Waals surface area contributed by atoms with Crippen molar-refractivity contribution in [2.75, 3.05) is 0 Å². The molecule has 0 spiro atoms. The molecule has 1 nitrogen and oxygen atoms in total. The molecule has 1 N–H and O–H groups in total. The summed E-state index contributed by atoms with van der Waals surface area (Å²) in [6.07, 6.45) is 0.440. The molecule has 11 heavy (non-hydrogen) atoms. The van der Waals surface area contributed by atoms with Gasteiger partial charge in [-0.25, -0.2) is 0 Å². The first-order chi connectivity index (χ1) is 5.20. The molecule has 1 rings (SSSR count). The van der Waals surface area contributed by atoms with E-state index in [-0.39, 0.29) is 6.10 Å². The molecule has 60 valence electrons. The van der Waals surface area contributed by atoms with Gasteiger partial charge in [-0.3, -0.25) is 0 Å². The van der Waals surface area contributed by atoms with Crippen LogP contribution in [-0.4, -0.2) is 11.2 Å². The Morgan fingerprint density at radius 3 is 2.64 bits per heavy atom. The molecule has 0 saturated carbocycles. The molecule has 0 fully saturated rings. The van der Waals surface area contributed by atoms with Gasteiger partial charge in [-0.15, -0.1) is 0 Å². The van der Waals surface area contributed by atoms with Crippen molar-refractivity contribution < 1.29 is 5.11 Å². The highest BCUT2D eigenvalue weighted by molar-refractivity contribution is 9.10. The van der Waals surface area contributed by atoms with E-state index in [1.807, 2.05) is 24.3 Å². The molecule has 0 aliphatic carbocycles. The Bertz CT molecular complexity index is 233. The standard InChI is InChI=1S/C9H11BrO/c1-7(11)6-8-4-2-3-5-9(8)10/h2-5,7,11H,6H2,1H3/t7-/m1/s1. The fourth-order valence-corrected chi connectivity index (χ4v) is 1.43. The zero-order valence-corrected chi connectivity index (χ0v) is 8.01.